The van der Waals surface area contributed by atoms with Gasteiger partial charge >= 0.3 is 0 Å². The molecule has 0 saturated carbocycles. The third-order valence-electron chi connectivity index (χ3n) is 5.71. The topological polar surface area (TPSA) is 55.0 Å². The van der Waals surface area contributed by atoms with Crippen molar-refractivity contribution in [2.45, 2.75) is 20.3 Å². The van der Waals surface area contributed by atoms with E-state index in [1.807, 2.05) is 44.2 Å². The van der Waals surface area contributed by atoms with Gasteiger partial charge in [0.05, 0.1) is 12.5 Å². The Morgan fingerprint density at radius 1 is 1.03 bits per heavy atom. The fourth-order valence-electron chi connectivity index (χ4n) is 4.26. The Balaban J connectivity index is 1.61. The maximum Gasteiger partial charge on any atom is 0.260 e. The second kappa shape index (κ2) is 7.67. The molecule has 4 nitrogen and oxygen atoms in total. The maximum atomic E-state index is 13.2. The molecule has 0 amide bonds. The highest BCUT2D eigenvalue weighted by Gasteiger charge is 2.18. The first-order valence-electron chi connectivity index (χ1n) is 10.2. The van der Waals surface area contributed by atoms with Gasteiger partial charge in [-0.15, -0.1) is 11.3 Å². The number of aromatic nitrogens is 2. The summed E-state index contributed by atoms with van der Waals surface area (Å²) in [6, 6.07) is 20.6. The number of aromatic amines is 1. The molecule has 0 aliphatic heterocycles. The van der Waals surface area contributed by atoms with E-state index >= 15 is 0 Å². The van der Waals surface area contributed by atoms with Crippen molar-refractivity contribution in [3.05, 3.63) is 92.8 Å². The van der Waals surface area contributed by atoms with E-state index in [1.165, 1.54) is 10.8 Å². The molecule has 0 aliphatic rings. The molecule has 0 bridgehead atoms. The van der Waals surface area contributed by atoms with Crippen molar-refractivity contribution in [1.82, 2.24) is 9.97 Å². The van der Waals surface area contributed by atoms with Crippen molar-refractivity contribution >= 4 is 32.3 Å². The van der Waals surface area contributed by atoms with Gasteiger partial charge in [-0.25, -0.2) is 4.98 Å². The smallest absolute Gasteiger partial charge is 0.260 e. The Morgan fingerprint density at radius 3 is 2.65 bits per heavy atom. The minimum absolute atomic E-state index is 0.0898. The van der Waals surface area contributed by atoms with Gasteiger partial charge in [0.25, 0.3) is 5.56 Å². The summed E-state index contributed by atoms with van der Waals surface area (Å²) >= 11 is 1.57. The number of fused-ring (bicyclic) bond motifs is 2. The molecule has 1 N–H and O–H groups in total. The van der Waals surface area contributed by atoms with Crippen LogP contribution in [0.1, 0.15) is 21.8 Å². The molecule has 0 radical (unpaired) electrons. The van der Waals surface area contributed by atoms with Crippen LogP contribution in [0.25, 0.3) is 32.1 Å². The number of hydrogen-bond acceptors (Lipinski definition) is 4. The quantitative estimate of drug-likeness (QED) is 0.382. The highest BCUT2D eigenvalue weighted by Crippen LogP contribution is 2.37. The van der Waals surface area contributed by atoms with Crippen molar-refractivity contribution in [2.24, 2.45) is 0 Å². The van der Waals surface area contributed by atoms with Crippen LogP contribution < -0.4 is 10.3 Å². The number of benzene rings is 3. The van der Waals surface area contributed by atoms with Crippen LogP contribution in [0.3, 0.4) is 0 Å². The van der Waals surface area contributed by atoms with Crippen molar-refractivity contribution in [3.8, 4) is 16.9 Å². The molecule has 2 heterocycles. The van der Waals surface area contributed by atoms with Gasteiger partial charge in [-0.2, -0.15) is 0 Å². The van der Waals surface area contributed by atoms with E-state index in [2.05, 4.69) is 35.3 Å². The van der Waals surface area contributed by atoms with Crippen molar-refractivity contribution in [3.63, 3.8) is 0 Å². The molecule has 5 rings (SSSR count). The zero-order valence-electron chi connectivity index (χ0n) is 17.7. The zero-order valence-corrected chi connectivity index (χ0v) is 18.5. The first-order valence-corrected chi connectivity index (χ1v) is 11.0. The lowest BCUT2D eigenvalue weighted by Gasteiger charge is -2.08. The Bertz CT molecular complexity index is 1490. The monoisotopic (exact) mass is 426 g/mol. The van der Waals surface area contributed by atoms with Crippen LogP contribution in [-0.2, 0) is 6.42 Å². The SMILES string of the molecule is COc1ccc(-c2c(C)sc3nc(Cc4cccc5ccccc45)[nH]c(=O)c23)cc1C. The van der Waals surface area contributed by atoms with E-state index in [9.17, 15) is 4.79 Å². The number of hydrogen-bond donors (Lipinski definition) is 1. The predicted molar refractivity (Wildman–Crippen MR) is 128 cm³/mol. The third kappa shape index (κ3) is 3.41. The largest absolute Gasteiger partial charge is 0.496 e. The van der Waals surface area contributed by atoms with E-state index in [1.54, 1.807) is 18.4 Å². The van der Waals surface area contributed by atoms with Gasteiger partial charge in [-0.1, -0.05) is 48.5 Å². The van der Waals surface area contributed by atoms with Crippen LogP contribution >= 0.6 is 11.3 Å². The summed E-state index contributed by atoms with van der Waals surface area (Å²) in [4.78, 5) is 22.9. The predicted octanol–water partition coefficient (Wildman–Crippen LogP) is 6.02. The first-order chi connectivity index (χ1) is 15.0. The molecule has 0 atom stereocenters. The minimum Gasteiger partial charge on any atom is -0.496 e. The molecule has 31 heavy (non-hydrogen) atoms. The van der Waals surface area contributed by atoms with Crippen LogP contribution in [0, 0.1) is 13.8 Å². The van der Waals surface area contributed by atoms with E-state index in [0.29, 0.717) is 17.6 Å². The summed E-state index contributed by atoms with van der Waals surface area (Å²) in [6.45, 7) is 4.06. The summed E-state index contributed by atoms with van der Waals surface area (Å²) in [5, 5.41) is 3.03. The average molecular weight is 427 g/mol. The Hall–Kier alpha value is -3.44. The number of nitrogens with zero attached hydrogens (tertiary/aromatic N) is 1. The lowest BCUT2D eigenvalue weighted by molar-refractivity contribution is 0.412. The first kappa shape index (κ1) is 19.5. The second-order valence-corrected chi connectivity index (χ2v) is 8.93. The van der Waals surface area contributed by atoms with Gasteiger partial charge in [0.2, 0.25) is 0 Å². The number of aryl methyl sites for hydroxylation is 2. The molecule has 5 heteroatoms. The standard InChI is InChI=1S/C26H22N2O2S/c1-15-13-19(11-12-21(15)30-3)23-16(2)31-26-24(23)25(29)27-22(28-26)14-18-9-6-8-17-7-4-5-10-20(17)18/h4-13H,14H2,1-3H3,(H,27,28,29). The fourth-order valence-corrected chi connectivity index (χ4v) is 5.32. The van der Waals surface area contributed by atoms with E-state index in [-0.39, 0.29) is 5.56 Å². The van der Waals surface area contributed by atoms with E-state index in [4.69, 9.17) is 9.72 Å². The van der Waals surface area contributed by atoms with E-state index < -0.39 is 0 Å². The number of methoxy groups -OCH3 is 1. The molecule has 5 aromatic rings. The second-order valence-electron chi connectivity index (χ2n) is 7.73. The van der Waals surface area contributed by atoms with Gasteiger partial charge in [0, 0.05) is 16.9 Å². The van der Waals surface area contributed by atoms with Crippen LogP contribution in [0.15, 0.2) is 65.5 Å². The molecule has 2 aromatic heterocycles. The molecule has 0 spiro atoms. The molecule has 0 aliphatic carbocycles. The van der Waals surface area contributed by atoms with Crippen molar-refractivity contribution in [1.29, 1.82) is 0 Å². The molecular formula is C26H22N2O2S. The van der Waals surface area contributed by atoms with Crippen LogP contribution in [0.4, 0.5) is 0 Å². The summed E-state index contributed by atoms with van der Waals surface area (Å²) < 4.78 is 5.38. The third-order valence-corrected chi connectivity index (χ3v) is 6.71. The molecule has 0 unspecified atom stereocenters. The maximum absolute atomic E-state index is 13.2. The van der Waals surface area contributed by atoms with Gasteiger partial charge < -0.3 is 9.72 Å². The minimum atomic E-state index is -0.0898. The van der Waals surface area contributed by atoms with Crippen LogP contribution in [0.2, 0.25) is 0 Å². The van der Waals surface area contributed by atoms with Gasteiger partial charge in [0.15, 0.2) is 0 Å². The van der Waals surface area contributed by atoms with Crippen molar-refractivity contribution < 1.29 is 4.74 Å². The number of thiophene rings is 1. The summed E-state index contributed by atoms with van der Waals surface area (Å²) in [5.41, 5.74) is 4.07. The molecule has 3 aromatic carbocycles. The zero-order chi connectivity index (χ0) is 21.5. The molecule has 0 fully saturated rings. The summed E-state index contributed by atoms with van der Waals surface area (Å²) in [5.74, 6) is 1.53. The van der Waals surface area contributed by atoms with Gasteiger partial charge in [0.1, 0.15) is 16.4 Å². The number of rotatable bonds is 4. The van der Waals surface area contributed by atoms with Crippen LogP contribution in [-0.4, -0.2) is 17.1 Å². The lowest BCUT2D eigenvalue weighted by Crippen LogP contribution is -2.12. The summed E-state index contributed by atoms with van der Waals surface area (Å²) in [7, 11) is 1.67. The number of nitrogens with one attached hydrogen (secondary N) is 1. The fraction of sp³-hybridized carbons (Fsp3) is 0.154. The van der Waals surface area contributed by atoms with Gasteiger partial charge in [-0.3, -0.25) is 4.79 Å². The Kier molecular flexibility index (Phi) is 4.83. The average Bonchev–Trinajstić information content (AvgIpc) is 3.10. The summed E-state index contributed by atoms with van der Waals surface area (Å²) in [6.07, 6.45) is 0.584. The van der Waals surface area contributed by atoms with Gasteiger partial charge in [-0.05, 0) is 53.4 Å². The van der Waals surface area contributed by atoms with E-state index in [0.717, 1.165) is 37.7 Å². The van der Waals surface area contributed by atoms with Crippen LogP contribution in [0.5, 0.6) is 5.75 Å². The Morgan fingerprint density at radius 2 is 1.84 bits per heavy atom. The molecular weight excluding hydrogens is 404 g/mol. The highest BCUT2D eigenvalue weighted by molar-refractivity contribution is 7.19. The lowest BCUT2D eigenvalue weighted by atomic mass is 10.0. The number of H-pyrrole nitrogens is 1. The van der Waals surface area contributed by atoms with Crippen molar-refractivity contribution in [2.75, 3.05) is 7.11 Å². The normalized spacial score (nSPS) is 11.3. The molecule has 154 valence electrons. The highest BCUT2D eigenvalue weighted by atomic mass is 32.1. The molecule has 0 saturated heterocycles. The Labute approximate surface area is 184 Å². The number of ether oxygens (including phenoxy) is 1.